The summed E-state index contributed by atoms with van der Waals surface area (Å²) in [5.74, 6) is -0.738. The first kappa shape index (κ1) is 11.7. The third kappa shape index (κ3) is 3.36. The van der Waals surface area contributed by atoms with E-state index in [1.807, 2.05) is 0 Å². The van der Waals surface area contributed by atoms with Gasteiger partial charge in [0.05, 0.1) is 6.20 Å². The van der Waals surface area contributed by atoms with Gasteiger partial charge in [0.1, 0.15) is 17.8 Å². The Labute approximate surface area is 88.6 Å². The fraction of sp³-hybridized carbons (Fsp3) is 0.600. The summed E-state index contributed by atoms with van der Waals surface area (Å²) in [6.45, 7) is 5.52. The maximum atomic E-state index is 11.7. The van der Waals surface area contributed by atoms with Gasteiger partial charge in [-0.1, -0.05) is 0 Å². The molecule has 84 valence electrons. The van der Waals surface area contributed by atoms with Gasteiger partial charge in [0.2, 0.25) is 5.89 Å². The minimum Gasteiger partial charge on any atom is -0.459 e. The van der Waals surface area contributed by atoms with E-state index in [0.717, 1.165) is 0 Å². The van der Waals surface area contributed by atoms with Gasteiger partial charge in [0.15, 0.2) is 0 Å². The molecule has 1 atom stereocenters. The van der Waals surface area contributed by atoms with Gasteiger partial charge >= 0.3 is 5.97 Å². The van der Waals surface area contributed by atoms with E-state index in [-0.39, 0.29) is 6.54 Å². The first-order valence-electron chi connectivity index (χ1n) is 4.76. The molecule has 1 heterocycles. The van der Waals surface area contributed by atoms with E-state index in [1.165, 1.54) is 12.5 Å². The molecule has 0 radical (unpaired) electrons. The van der Waals surface area contributed by atoms with E-state index in [2.05, 4.69) is 4.98 Å². The van der Waals surface area contributed by atoms with Crippen LogP contribution in [0, 0.1) is 0 Å². The van der Waals surface area contributed by atoms with Crippen LogP contribution in [-0.2, 0) is 9.53 Å². The van der Waals surface area contributed by atoms with E-state index in [1.54, 1.807) is 20.8 Å². The molecule has 0 aromatic carbocycles. The van der Waals surface area contributed by atoms with E-state index in [4.69, 9.17) is 14.9 Å². The van der Waals surface area contributed by atoms with Crippen molar-refractivity contribution in [3.05, 3.63) is 18.4 Å². The average molecular weight is 212 g/mol. The smallest absolute Gasteiger partial charge is 0.320 e. The molecule has 15 heavy (non-hydrogen) atoms. The molecule has 0 spiro atoms. The zero-order chi connectivity index (χ0) is 11.5. The van der Waals surface area contributed by atoms with Crippen LogP contribution in [0.1, 0.15) is 32.6 Å². The third-order valence-corrected chi connectivity index (χ3v) is 1.68. The zero-order valence-electron chi connectivity index (χ0n) is 9.19. The SMILES string of the molecule is CC(C)(C)OC(=O)[C@@H](CN)c1ncco1. The van der Waals surface area contributed by atoms with Gasteiger partial charge in [-0.15, -0.1) is 0 Å². The lowest BCUT2D eigenvalue weighted by Gasteiger charge is -2.21. The topological polar surface area (TPSA) is 78.4 Å². The number of hydrogen-bond acceptors (Lipinski definition) is 5. The van der Waals surface area contributed by atoms with E-state index >= 15 is 0 Å². The van der Waals surface area contributed by atoms with E-state index in [0.29, 0.717) is 5.89 Å². The van der Waals surface area contributed by atoms with Gasteiger partial charge in [-0.05, 0) is 20.8 Å². The number of carbonyl (C=O) groups excluding carboxylic acids is 1. The van der Waals surface area contributed by atoms with Gasteiger partial charge in [-0.25, -0.2) is 4.98 Å². The highest BCUT2D eigenvalue weighted by atomic mass is 16.6. The molecular formula is C10H16N2O3. The molecule has 0 amide bonds. The normalized spacial score (nSPS) is 13.6. The number of rotatable bonds is 3. The van der Waals surface area contributed by atoms with Crippen molar-refractivity contribution in [3.63, 3.8) is 0 Å². The van der Waals surface area contributed by atoms with Gasteiger partial charge < -0.3 is 14.9 Å². The quantitative estimate of drug-likeness (QED) is 0.758. The Hall–Kier alpha value is -1.36. The number of aromatic nitrogens is 1. The lowest BCUT2D eigenvalue weighted by molar-refractivity contribution is -0.157. The molecule has 0 aliphatic rings. The van der Waals surface area contributed by atoms with Crippen LogP contribution in [0.3, 0.4) is 0 Å². The highest BCUT2D eigenvalue weighted by Crippen LogP contribution is 2.18. The Morgan fingerprint density at radius 2 is 2.33 bits per heavy atom. The first-order chi connectivity index (χ1) is 6.94. The summed E-state index contributed by atoms with van der Waals surface area (Å²) in [7, 11) is 0. The number of hydrogen-bond donors (Lipinski definition) is 1. The summed E-state index contributed by atoms with van der Waals surface area (Å²) >= 11 is 0. The summed E-state index contributed by atoms with van der Waals surface area (Å²) in [5, 5.41) is 0. The average Bonchev–Trinajstić information content (AvgIpc) is 2.54. The second-order valence-electron chi connectivity index (χ2n) is 4.19. The largest absolute Gasteiger partial charge is 0.459 e. The van der Waals surface area contributed by atoms with Crippen LogP contribution >= 0.6 is 0 Å². The second-order valence-corrected chi connectivity index (χ2v) is 4.19. The van der Waals surface area contributed by atoms with Crippen molar-refractivity contribution in [1.29, 1.82) is 0 Å². The number of nitrogens with two attached hydrogens (primary N) is 1. The highest BCUT2D eigenvalue weighted by molar-refractivity contribution is 5.77. The van der Waals surface area contributed by atoms with Gasteiger partial charge in [0.25, 0.3) is 0 Å². The minimum atomic E-state index is -0.626. The lowest BCUT2D eigenvalue weighted by atomic mass is 10.1. The Morgan fingerprint density at radius 3 is 2.73 bits per heavy atom. The van der Waals surface area contributed by atoms with Crippen molar-refractivity contribution >= 4 is 5.97 Å². The molecule has 0 saturated heterocycles. The number of esters is 1. The van der Waals surface area contributed by atoms with E-state index < -0.39 is 17.5 Å². The van der Waals surface area contributed by atoms with Crippen LogP contribution < -0.4 is 5.73 Å². The molecule has 5 heteroatoms. The number of carbonyl (C=O) groups is 1. The Balaban J connectivity index is 2.72. The molecule has 1 aromatic rings. The zero-order valence-corrected chi connectivity index (χ0v) is 9.19. The van der Waals surface area contributed by atoms with Gasteiger partial charge in [-0.2, -0.15) is 0 Å². The number of oxazole rings is 1. The van der Waals surface area contributed by atoms with E-state index in [9.17, 15) is 4.79 Å². The van der Waals surface area contributed by atoms with Crippen molar-refractivity contribution in [2.45, 2.75) is 32.3 Å². The molecule has 0 bridgehead atoms. The maximum Gasteiger partial charge on any atom is 0.320 e. The third-order valence-electron chi connectivity index (χ3n) is 1.68. The van der Waals surface area contributed by atoms with Crippen molar-refractivity contribution in [3.8, 4) is 0 Å². The van der Waals surface area contributed by atoms with Crippen LogP contribution in [0.4, 0.5) is 0 Å². The molecule has 0 saturated carbocycles. The minimum absolute atomic E-state index is 0.120. The predicted octanol–water partition coefficient (Wildman–Crippen LogP) is 1.06. The van der Waals surface area contributed by atoms with Crippen molar-refractivity contribution in [2.24, 2.45) is 5.73 Å². The Morgan fingerprint density at radius 1 is 1.67 bits per heavy atom. The molecule has 0 unspecified atom stereocenters. The fourth-order valence-electron chi connectivity index (χ4n) is 1.08. The van der Waals surface area contributed by atoms with Crippen molar-refractivity contribution in [1.82, 2.24) is 4.98 Å². The van der Waals surface area contributed by atoms with Crippen LogP contribution in [0.5, 0.6) is 0 Å². The molecule has 1 aromatic heterocycles. The van der Waals surface area contributed by atoms with Crippen molar-refractivity contribution in [2.75, 3.05) is 6.54 Å². The van der Waals surface area contributed by atoms with Crippen LogP contribution in [0.15, 0.2) is 16.9 Å². The Bertz CT molecular complexity index is 314. The molecule has 1 rings (SSSR count). The molecule has 5 nitrogen and oxygen atoms in total. The summed E-state index contributed by atoms with van der Waals surface area (Å²) in [6.07, 6.45) is 2.88. The van der Waals surface area contributed by atoms with Gasteiger partial charge in [-0.3, -0.25) is 4.79 Å². The molecule has 2 N–H and O–H groups in total. The fourth-order valence-corrected chi connectivity index (χ4v) is 1.08. The summed E-state index contributed by atoms with van der Waals surface area (Å²) in [5.41, 5.74) is 4.95. The predicted molar refractivity (Wildman–Crippen MR) is 54.1 cm³/mol. The monoisotopic (exact) mass is 212 g/mol. The lowest BCUT2D eigenvalue weighted by Crippen LogP contribution is -2.31. The first-order valence-corrected chi connectivity index (χ1v) is 4.76. The Kier molecular flexibility index (Phi) is 3.47. The second kappa shape index (κ2) is 4.44. The standard InChI is InChI=1S/C10H16N2O3/c1-10(2,3)15-9(13)7(6-11)8-12-4-5-14-8/h4-5,7H,6,11H2,1-3H3/t7-/m0/s1. The van der Waals surface area contributed by atoms with Gasteiger partial charge in [0, 0.05) is 6.54 Å². The summed E-state index contributed by atoms with van der Waals surface area (Å²) in [6, 6.07) is 0. The number of ether oxygens (including phenoxy) is 1. The summed E-state index contributed by atoms with van der Waals surface area (Å²) < 4.78 is 10.2. The molecule has 0 fully saturated rings. The molecular weight excluding hydrogens is 196 g/mol. The molecule has 0 aliphatic carbocycles. The highest BCUT2D eigenvalue weighted by Gasteiger charge is 2.28. The van der Waals surface area contributed by atoms with Crippen LogP contribution in [0.2, 0.25) is 0 Å². The van der Waals surface area contributed by atoms with Crippen LogP contribution in [-0.4, -0.2) is 23.1 Å². The summed E-state index contributed by atoms with van der Waals surface area (Å²) in [4.78, 5) is 15.6. The number of nitrogens with zero attached hydrogens (tertiary/aromatic N) is 1. The van der Waals surface area contributed by atoms with Crippen molar-refractivity contribution < 1.29 is 13.9 Å². The maximum absolute atomic E-state index is 11.7. The van der Waals surface area contributed by atoms with Crippen LogP contribution in [0.25, 0.3) is 0 Å². The molecule has 0 aliphatic heterocycles.